The Balaban J connectivity index is 2.53. The molecule has 0 amide bonds. The van der Waals surface area contributed by atoms with Gasteiger partial charge in [0.05, 0.1) is 5.76 Å². The maximum atomic E-state index is 10.4. The quantitative estimate of drug-likeness (QED) is 0.493. The third-order valence-corrected chi connectivity index (χ3v) is 2.35. The zero-order chi connectivity index (χ0) is 10.1. The number of hydrogen-bond donors (Lipinski definition) is 0. The highest BCUT2D eigenvalue weighted by Crippen LogP contribution is 2.54. The van der Waals surface area contributed by atoms with E-state index < -0.39 is 0 Å². The summed E-state index contributed by atoms with van der Waals surface area (Å²) >= 11 is 0. The second kappa shape index (κ2) is 3.17. The maximum absolute atomic E-state index is 10.4. The smallest absolute Gasteiger partial charge is 0.120 e. The number of rotatable bonds is 4. The molecule has 1 aliphatic carbocycles. The van der Waals surface area contributed by atoms with Crippen LogP contribution in [0.1, 0.15) is 40.0 Å². The van der Waals surface area contributed by atoms with Gasteiger partial charge in [-0.2, -0.15) is 0 Å². The number of carbonyl (C=O) groups excluding carboxylic acids is 1. The van der Waals surface area contributed by atoms with Crippen molar-refractivity contribution >= 4 is 6.29 Å². The van der Waals surface area contributed by atoms with Crippen molar-refractivity contribution in [2.75, 3.05) is 0 Å². The van der Waals surface area contributed by atoms with Crippen LogP contribution in [0.2, 0.25) is 0 Å². The first-order valence-corrected chi connectivity index (χ1v) is 4.72. The van der Waals surface area contributed by atoms with Crippen LogP contribution in [-0.2, 0) is 9.53 Å². The summed E-state index contributed by atoms with van der Waals surface area (Å²) in [6, 6.07) is 0. The van der Waals surface area contributed by atoms with Crippen LogP contribution in [0.5, 0.6) is 0 Å². The predicted molar refractivity (Wildman–Crippen MR) is 52.3 cm³/mol. The van der Waals surface area contributed by atoms with E-state index in [1.165, 1.54) is 0 Å². The lowest BCUT2D eigenvalue weighted by Gasteiger charge is -2.26. The molecule has 0 heterocycles. The number of allylic oxidation sites excluding steroid dienone is 1. The zero-order valence-electron chi connectivity index (χ0n) is 8.72. The molecular formula is C11H18O2. The van der Waals surface area contributed by atoms with E-state index in [4.69, 9.17) is 4.74 Å². The predicted octanol–water partition coefficient (Wildman–Crippen LogP) is 2.68. The second-order valence-electron chi connectivity index (χ2n) is 4.79. The van der Waals surface area contributed by atoms with Crippen LogP contribution in [0.25, 0.3) is 0 Å². The Morgan fingerprint density at radius 1 is 1.54 bits per heavy atom. The number of ether oxygens (including phenoxy) is 1. The van der Waals surface area contributed by atoms with Crippen molar-refractivity contribution in [3.8, 4) is 0 Å². The average Bonchev–Trinajstić information content (AvgIpc) is 2.66. The molecule has 0 aromatic rings. The monoisotopic (exact) mass is 182 g/mol. The molecule has 1 aliphatic rings. The summed E-state index contributed by atoms with van der Waals surface area (Å²) in [5, 5.41) is 0. The lowest BCUT2D eigenvalue weighted by molar-refractivity contribution is -0.109. The molecule has 0 saturated heterocycles. The van der Waals surface area contributed by atoms with Gasteiger partial charge in [0.25, 0.3) is 0 Å². The highest BCUT2D eigenvalue weighted by Gasteiger charge is 2.47. The van der Waals surface area contributed by atoms with Crippen LogP contribution in [0.4, 0.5) is 0 Å². The molecule has 2 nitrogen and oxygen atoms in total. The van der Waals surface area contributed by atoms with E-state index in [-0.39, 0.29) is 11.0 Å². The van der Waals surface area contributed by atoms with Crippen LogP contribution >= 0.6 is 0 Å². The summed E-state index contributed by atoms with van der Waals surface area (Å²) in [6.45, 7) is 9.90. The zero-order valence-corrected chi connectivity index (χ0v) is 8.72. The van der Waals surface area contributed by atoms with E-state index in [0.29, 0.717) is 6.42 Å². The van der Waals surface area contributed by atoms with Crippen LogP contribution in [0.3, 0.4) is 0 Å². The maximum Gasteiger partial charge on any atom is 0.120 e. The van der Waals surface area contributed by atoms with Gasteiger partial charge in [0.2, 0.25) is 0 Å². The Morgan fingerprint density at radius 2 is 2.08 bits per heavy atom. The Hall–Kier alpha value is -0.790. The van der Waals surface area contributed by atoms with E-state index in [0.717, 1.165) is 24.9 Å². The summed E-state index contributed by atoms with van der Waals surface area (Å²) < 4.78 is 5.66. The van der Waals surface area contributed by atoms with Crippen molar-refractivity contribution < 1.29 is 9.53 Å². The third-order valence-electron chi connectivity index (χ3n) is 2.35. The van der Waals surface area contributed by atoms with E-state index in [1.54, 1.807) is 0 Å². The summed E-state index contributed by atoms with van der Waals surface area (Å²) in [4.78, 5) is 10.4. The molecule has 2 heteroatoms. The Bertz CT molecular complexity index is 219. The molecular weight excluding hydrogens is 164 g/mol. The van der Waals surface area contributed by atoms with E-state index in [1.807, 2.05) is 20.8 Å². The molecule has 0 unspecified atom stereocenters. The van der Waals surface area contributed by atoms with Gasteiger partial charge in [-0.1, -0.05) is 6.58 Å². The molecule has 0 bridgehead atoms. The van der Waals surface area contributed by atoms with E-state index in [9.17, 15) is 4.79 Å². The molecule has 0 atom stereocenters. The second-order valence-corrected chi connectivity index (χ2v) is 4.79. The molecule has 0 spiro atoms. The fourth-order valence-electron chi connectivity index (χ4n) is 1.39. The summed E-state index contributed by atoms with van der Waals surface area (Å²) in [7, 11) is 0. The van der Waals surface area contributed by atoms with Crippen molar-refractivity contribution in [1.82, 2.24) is 0 Å². The Kier molecular flexibility index (Phi) is 2.51. The van der Waals surface area contributed by atoms with Crippen LogP contribution < -0.4 is 0 Å². The average molecular weight is 182 g/mol. The largest absolute Gasteiger partial charge is 0.493 e. The van der Waals surface area contributed by atoms with Gasteiger partial charge in [0.1, 0.15) is 11.9 Å². The first-order valence-electron chi connectivity index (χ1n) is 4.72. The van der Waals surface area contributed by atoms with Gasteiger partial charge in [-0.3, -0.25) is 0 Å². The molecule has 13 heavy (non-hydrogen) atoms. The minimum absolute atomic E-state index is 0.0188. The standard InChI is InChI=1S/C11H18O2/c1-9(13-10(2,3)4)11(5-6-11)7-8-12/h8H,1,5-7H2,2-4H3. The molecule has 1 fully saturated rings. The fraction of sp³-hybridized carbons (Fsp3) is 0.727. The molecule has 0 aromatic heterocycles. The minimum Gasteiger partial charge on any atom is -0.493 e. The minimum atomic E-state index is -0.199. The van der Waals surface area contributed by atoms with Crippen molar-refractivity contribution in [3.63, 3.8) is 0 Å². The molecule has 0 radical (unpaired) electrons. The lowest BCUT2D eigenvalue weighted by Crippen LogP contribution is -2.22. The molecule has 0 aliphatic heterocycles. The van der Waals surface area contributed by atoms with Crippen LogP contribution in [0.15, 0.2) is 12.3 Å². The highest BCUT2D eigenvalue weighted by atomic mass is 16.5. The van der Waals surface area contributed by atoms with Crippen molar-refractivity contribution in [2.45, 2.75) is 45.6 Å². The SMILES string of the molecule is C=C(OC(C)(C)C)C1(CC=O)CC1. The third kappa shape index (κ3) is 2.58. The van der Waals surface area contributed by atoms with Gasteiger partial charge >= 0.3 is 0 Å². The molecule has 0 aromatic carbocycles. The normalized spacial score (nSPS) is 19.3. The van der Waals surface area contributed by atoms with Crippen molar-refractivity contribution in [3.05, 3.63) is 12.3 Å². The molecule has 0 N–H and O–H groups in total. The van der Waals surface area contributed by atoms with Crippen molar-refractivity contribution in [2.24, 2.45) is 5.41 Å². The van der Waals surface area contributed by atoms with E-state index >= 15 is 0 Å². The topological polar surface area (TPSA) is 26.3 Å². The molecule has 74 valence electrons. The van der Waals surface area contributed by atoms with Gasteiger partial charge in [0.15, 0.2) is 0 Å². The number of hydrogen-bond acceptors (Lipinski definition) is 2. The summed E-state index contributed by atoms with van der Waals surface area (Å²) in [5.74, 6) is 0.784. The van der Waals surface area contributed by atoms with Crippen LogP contribution in [-0.4, -0.2) is 11.9 Å². The summed E-state index contributed by atoms with van der Waals surface area (Å²) in [6.07, 6.45) is 3.60. The van der Waals surface area contributed by atoms with Gasteiger partial charge in [-0.05, 0) is 33.6 Å². The van der Waals surface area contributed by atoms with Gasteiger partial charge < -0.3 is 9.53 Å². The van der Waals surface area contributed by atoms with Gasteiger partial charge in [-0.25, -0.2) is 0 Å². The van der Waals surface area contributed by atoms with Gasteiger partial charge in [0, 0.05) is 11.8 Å². The lowest BCUT2D eigenvalue weighted by atomic mass is 10.0. The fourth-order valence-corrected chi connectivity index (χ4v) is 1.39. The van der Waals surface area contributed by atoms with Gasteiger partial charge in [-0.15, -0.1) is 0 Å². The Morgan fingerprint density at radius 3 is 2.38 bits per heavy atom. The first-order chi connectivity index (χ1) is 5.90. The number of aldehydes is 1. The van der Waals surface area contributed by atoms with Crippen LogP contribution in [0, 0.1) is 5.41 Å². The summed E-state index contributed by atoms with van der Waals surface area (Å²) in [5.41, 5.74) is -0.218. The molecule has 1 rings (SSSR count). The van der Waals surface area contributed by atoms with Crippen molar-refractivity contribution in [1.29, 1.82) is 0 Å². The molecule has 1 saturated carbocycles. The Labute approximate surface area is 80.0 Å². The highest BCUT2D eigenvalue weighted by molar-refractivity contribution is 5.53. The van der Waals surface area contributed by atoms with E-state index in [2.05, 4.69) is 6.58 Å². The first kappa shape index (κ1) is 10.3. The number of carbonyl (C=O) groups is 1.